The molecule has 0 heterocycles. The van der Waals surface area contributed by atoms with Crippen LogP contribution in [0.4, 0.5) is 0 Å². The fourth-order valence-electron chi connectivity index (χ4n) is 1.03. The Hall–Kier alpha value is -2.17. The van der Waals surface area contributed by atoms with Gasteiger partial charge >= 0.3 is 11.9 Å². The van der Waals surface area contributed by atoms with Gasteiger partial charge in [-0.3, -0.25) is 4.79 Å². The van der Waals surface area contributed by atoms with E-state index >= 15 is 0 Å². The van der Waals surface area contributed by atoms with Crippen LogP contribution in [0.5, 0.6) is 0 Å². The predicted octanol–water partition coefficient (Wildman–Crippen LogP) is 0.740. The average Bonchev–Trinajstić information content (AvgIpc) is 2.27. The zero-order chi connectivity index (χ0) is 11.4. The van der Waals surface area contributed by atoms with Crippen LogP contribution >= 0.6 is 0 Å². The standard InChI is InChI=1S/C10H8O5/c1-15-10(14)7-4-2-3-6(5-7)8(11)9(12)13/h2-5H,1H3,(H,12,13). The fraction of sp³-hybridized carbons (Fsp3) is 0.100. The Morgan fingerprint density at radius 3 is 2.33 bits per heavy atom. The molecule has 0 atom stereocenters. The van der Waals surface area contributed by atoms with E-state index < -0.39 is 17.7 Å². The number of carbonyl (C=O) groups is 3. The predicted molar refractivity (Wildman–Crippen MR) is 49.7 cm³/mol. The molecule has 1 aromatic rings. The zero-order valence-corrected chi connectivity index (χ0v) is 7.89. The van der Waals surface area contributed by atoms with Crippen LogP contribution in [0.1, 0.15) is 20.7 Å². The first-order valence-electron chi connectivity index (χ1n) is 4.02. The Bertz CT molecular complexity index is 422. The molecule has 0 saturated heterocycles. The van der Waals surface area contributed by atoms with Gasteiger partial charge < -0.3 is 9.84 Å². The molecule has 0 aromatic heterocycles. The lowest BCUT2D eigenvalue weighted by molar-refractivity contribution is -0.131. The highest BCUT2D eigenvalue weighted by molar-refractivity contribution is 6.39. The number of hydrogen-bond donors (Lipinski definition) is 1. The molecule has 0 bridgehead atoms. The topological polar surface area (TPSA) is 80.7 Å². The van der Waals surface area contributed by atoms with Gasteiger partial charge in [0.1, 0.15) is 0 Å². The molecule has 5 heteroatoms. The monoisotopic (exact) mass is 208 g/mol. The third kappa shape index (κ3) is 2.40. The van der Waals surface area contributed by atoms with Gasteiger partial charge in [-0.2, -0.15) is 0 Å². The van der Waals surface area contributed by atoms with E-state index in [9.17, 15) is 14.4 Å². The molecule has 0 spiro atoms. The number of rotatable bonds is 3. The van der Waals surface area contributed by atoms with Crippen LogP contribution < -0.4 is 0 Å². The number of carboxylic acid groups (broad SMARTS) is 1. The number of aliphatic carboxylic acids is 1. The third-order valence-electron chi connectivity index (χ3n) is 1.74. The highest BCUT2D eigenvalue weighted by Gasteiger charge is 2.16. The van der Waals surface area contributed by atoms with Gasteiger partial charge in [0.2, 0.25) is 0 Å². The maximum atomic E-state index is 11.1. The van der Waals surface area contributed by atoms with E-state index in [-0.39, 0.29) is 11.1 Å². The second-order valence-corrected chi connectivity index (χ2v) is 2.71. The Balaban J connectivity index is 3.08. The number of benzene rings is 1. The number of Topliss-reactive ketones (excluding diaryl/α,β-unsaturated/α-hetero) is 1. The SMILES string of the molecule is COC(=O)c1cccc(C(=O)C(=O)O)c1. The average molecular weight is 208 g/mol. The molecule has 0 unspecified atom stereocenters. The number of carboxylic acids is 1. The van der Waals surface area contributed by atoms with Crippen LogP contribution in [-0.2, 0) is 9.53 Å². The summed E-state index contributed by atoms with van der Waals surface area (Å²) in [5, 5.41) is 8.46. The summed E-state index contributed by atoms with van der Waals surface area (Å²) >= 11 is 0. The van der Waals surface area contributed by atoms with E-state index in [0.717, 1.165) is 0 Å². The van der Waals surface area contributed by atoms with Gasteiger partial charge in [0.05, 0.1) is 12.7 Å². The van der Waals surface area contributed by atoms with Crippen molar-refractivity contribution in [3.8, 4) is 0 Å². The van der Waals surface area contributed by atoms with Crippen LogP contribution in [0.15, 0.2) is 24.3 Å². The first kappa shape index (κ1) is 10.9. The van der Waals surface area contributed by atoms with Gasteiger partial charge in [0, 0.05) is 5.56 Å². The number of carbonyl (C=O) groups excluding carboxylic acids is 2. The van der Waals surface area contributed by atoms with Crippen molar-refractivity contribution in [2.75, 3.05) is 7.11 Å². The van der Waals surface area contributed by atoms with Gasteiger partial charge in [0.15, 0.2) is 0 Å². The molecule has 0 aliphatic rings. The Labute approximate surface area is 85.3 Å². The highest BCUT2D eigenvalue weighted by atomic mass is 16.5. The highest BCUT2D eigenvalue weighted by Crippen LogP contribution is 2.07. The minimum Gasteiger partial charge on any atom is -0.475 e. The van der Waals surface area contributed by atoms with Crippen molar-refractivity contribution >= 4 is 17.7 Å². The quantitative estimate of drug-likeness (QED) is 0.450. The number of methoxy groups -OCH3 is 1. The van der Waals surface area contributed by atoms with Crippen LogP contribution in [0.2, 0.25) is 0 Å². The van der Waals surface area contributed by atoms with Crippen molar-refractivity contribution in [1.29, 1.82) is 0 Å². The van der Waals surface area contributed by atoms with E-state index in [1.165, 1.54) is 31.4 Å². The molecule has 1 rings (SSSR count). The first-order chi connectivity index (χ1) is 7.06. The van der Waals surface area contributed by atoms with E-state index in [2.05, 4.69) is 4.74 Å². The molecule has 0 fully saturated rings. The van der Waals surface area contributed by atoms with Crippen molar-refractivity contribution < 1.29 is 24.2 Å². The van der Waals surface area contributed by atoms with Crippen molar-refractivity contribution in [2.45, 2.75) is 0 Å². The molecule has 78 valence electrons. The second-order valence-electron chi connectivity index (χ2n) is 2.71. The molecular weight excluding hydrogens is 200 g/mol. The van der Waals surface area contributed by atoms with Crippen molar-refractivity contribution in [1.82, 2.24) is 0 Å². The first-order valence-corrected chi connectivity index (χ1v) is 4.02. The maximum absolute atomic E-state index is 11.1. The molecule has 0 aliphatic carbocycles. The molecule has 0 saturated carbocycles. The molecule has 1 aromatic carbocycles. The Morgan fingerprint density at radius 1 is 1.20 bits per heavy atom. The number of ketones is 1. The van der Waals surface area contributed by atoms with Crippen LogP contribution in [0.3, 0.4) is 0 Å². The van der Waals surface area contributed by atoms with E-state index in [4.69, 9.17) is 5.11 Å². The minimum absolute atomic E-state index is 0.0506. The number of esters is 1. The van der Waals surface area contributed by atoms with Gasteiger partial charge in [-0.1, -0.05) is 12.1 Å². The van der Waals surface area contributed by atoms with E-state index in [0.29, 0.717) is 0 Å². The summed E-state index contributed by atoms with van der Waals surface area (Å²) in [5.74, 6) is -3.23. The van der Waals surface area contributed by atoms with Crippen LogP contribution in [-0.4, -0.2) is 29.9 Å². The van der Waals surface area contributed by atoms with Crippen molar-refractivity contribution in [3.63, 3.8) is 0 Å². The lowest BCUT2D eigenvalue weighted by Gasteiger charge is -2.00. The molecule has 15 heavy (non-hydrogen) atoms. The Morgan fingerprint density at radius 2 is 1.80 bits per heavy atom. The summed E-state index contributed by atoms with van der Waals surface area (Å²) in [6.07, 6.45) is 0. The minimum atomic E-state index is -1.56. The molecular formula is C10H8O5. The molecule has 0 amide bonds. The lowest BCUT2D eigenvalue weighted by atomic mass is 10.1. The molecule has 0 radical (unpaired) electrons. The number of hydrogen-bond acceptors (Lipinski definition) is 4. The summed E-state index contributed by atoms with van der Waals surface area (Å²) in [6.45, 7) is 0. The van der Waals surface area contributed by atoms with Gasteiger partial charge in [-0.25, -0.2) is 9.59 Å². The van der Waals surface area contributed by atoms with E-state index in [1.54, 1.807) is 0 Å². The molecule has 5 nitrogen and oxygen atoms in total. The van der Waals surface area contributed by atoms with Crippen LogP contribution in [0, 0.1) is 0 Å². The third-order valence-corrected chi connectivity index (χ3v) is 1.74. The molecule has 0 aliphatic heterocycles. The van der Waals surface area contributed by atoms with Gasteiger partial charge in [-0.05, 0) is 12.1 Å². The summed E-state index contributed by atoms with van der Waals surface area (Å²) < 4.78 is 4.43. The second kappa shape index (κ2) is 4.36. The lowest BCUT2D eigenvalue weighted by Crippen LogP contribution is -2.13. The Kier molecular flexibility index (Phi) is 3.17. The summed E-state index contributed by atoms with van der Waals surface area (Å²) in [6, 6.07) is 5.36. The summed E-state index contributed by atoms with van der Waals surface area (Å²) in [7, 11) is 1.20. The van der Waals surface area contributed by atoms with Gasteiger partial charge in [0.25, 0.3) is 5.78 Å². The smallest absolute Gasteiger partial charge is 0.377 e. The molecule has 1 N–H and O–H groups in total. The van der Waals surface area contributed by atoms with Crippen LogP contribution in [0.25, 0.3) is 0 Å². The summed E-state index contributed by atoms with van der Waals surface area (Å²) in [4.78, 5) is 32.5. The fourth-order valence-corrected chi connectivity index (χ4v) is 1.03. The normalized spacial score (nSPS) is 9.40. The summed E-state index contributed by atoms with van der Waals surface area (Å²) in [5.41, 5.74) is 0.0926. The van der Waals surface area contributed by atoms with Crippen molar-refractivity contribution in [2.24, 2.45) is 0 Å². The van der Waals surface area contributed by atoms with Crippen molar-refractivity contribution in [3.05, 3.63) is 35.4 Å². The number of ether oxygens (including phenoxy) is 1. The van der Waals surface area contributed by atoms with Gasteiger partial charge in [-0.15, -0.1) is 0 Å². The zero-order valence-electron chi connectivity index (χ0n) is 7.89. The maximum Gasteiger partial charge on any atom is 0.377 e. The largest absolute Gasteiger partial charge is 0.475 e. The van der Waals surface area contributed by atoms with E-state index in [1.807, 2.05) is 0 Å².